The average molecular weight is 270 g/mol. The first-order valence-corrected chi connectivity index (χ1v) is 7.61. The fourth-order valence-corrected chi connectivity index (χ4v) is 3.88. The minimum Gasteiger partial charge on any atom is -0.394 e. The molecule has 0 amide bonds. The third-order valence-corrected chi connectivity index (χ3v) is 5.09. The van der Waals surface area contributed by atoms with Crippen LogP contribution in [0.4, 0.5) is 0 Å². The maximum Gasteiger partial charge on any atom is 0.0933 e. The van der Waals surface area contributed by atoms with E-state index in [0.717, 1.165) is 19.7 Å². The van der Waals surface area contributed by atoms with Crippen LogP contribution in [0.5, 0.6) is 0 Å². The molecule has 4 unspecified atom stereocenters. The monoisotopic (exact) mass is 270 g/mol. The van der Waals surface area contributed by atoms with Crippen LogP contribution in [0.15, 0.2) is 0 Å². The molecule has 0 aromatic carbocycles. The molecule has 0 aromatic heterocycles. The van der Waals surface area contributed by atoms with Gasteiger partial charge in [-0.15, -0.1) is 0 Å². The van der Waals surface area contributed by atoms with Crippen LogP contribution >= 0.6 is 0 Å². The summed E-state index contributed by atoms with van der Waals surface area (Å²) in [6.07, 6.45) is 2.59. The molecular formula is C15H30N2O2. The number of aliphatic hydroxyl groups is 1. The number of aliphatic hydroxyl groups excluding tert-OH is 1. The molecule has 19 heavy (non-hydrogen) atoms. The summed E-state index contributed by atoms with van der Waals surface area (Å²) < 4.78 is 5.62. The molecule has 112 valence electrons. The van der Waals surface area contributed by atoms with E-state index in [0.29, 0.717) is 23.4 Å². The smallest absolute Gasteiger partial charge is 0.0933 e. The zero-order valence-corrected chi connectivity index (χ0v) is 12.9. The van der Waals surface area contributed by atoms with Crippen LogP contribution in [-0.4, -0.2) is 61.5 Å². The minimum atomic E-state index is -0.00125. The van der Waals surface area contributed by atoms with Crippen molar-refractivity contribution in [2.75, 3.05) is 33.4 Å². The Balaban J connectivity index is 1.96. The molecule has 0 bridgehead atoms. The molecule has 1 aliphatic carbocycles. The number of morpholine rings is 1. The van der Waals surface area contributed by atoms with E-state index in [1.54, 1.807) is 0 Å². The Labute approximate surface area is 117 Å². The lowest BCUT2D eigenvalue weighted by molar-refractivity contribution is -0.0823. The molecule has 0 aromatic rings. The molecule has 2 rings (SSSR count). The predicted octanol–water partition coefficient (Wildman–Crippen LogP) is 1.09. The van der Waals surface area contributed by atoms with Gasteiger partial charge in [-0.25, -0.2) is 0 Å². The summed E-state index contributed by atoms with van der Waals surface area (Å²) >= 11 is 0. The first-order valence-electron chi connectivity index (χ1n) is 7.61. The van der Waals surface area contributed by atoms with Gasteiger partial charge in [-0.3, -0.25) is 4.90 Å². The van der Waals surface area contributed by atoms with Crippen molar-refractivity contribution in [1.29, 1.82) is 0 Å². The van der Waals surface area contributed by atoms with Crippen LogP contribution < -0.4 is 5.32 Å². The van der Waals surface area contributed by atoms with Gasteiger partial charge in [0.05, 0.1) is 19.3 Å². The lowest BCUT2D eigenvalue weighted by atomic mass is 9.84. The zero-order chi connectivity index (χ0) is 14.0. The van der Waals surface area contributed by atoms with E-state index < -0.39 is 0 Å². The highest BCUT2D eigenvalue weighted by molar-refractivity contribution is 4.97. The number of hydrogen-bond donors (Lipinski definition) is 2. The highest BCUT2D eigenvalue weighted by Crippen LogP contribution is 2.41. The Hall–Kier alpha value is -0.160. The molecule has 0 spiro atoms. The lowest BCUT2D eigenvalue weighted by Crippen LogP contribution is -2.53. The Bertz CT molecular complexity index is 296. The summed E-state index contributed by atoms with van der Waals surface area (Å²) in [4.78, 5) is 2.50. The Morgan fingerprint density at radius 2 is 2.16 bits per heavy atom. The molecule has 4 atom stereocenters. The quantitative estimate of drug-likeness (QED) is 0.803. The van der Waals surface area contributed by atoms with E-state index in [1.165, 1.54) is 12.8 Å². The Kier molecular flexibility index (Phi) is 4.88. The second-order valence-corrected chi connectivity index (χ2v) is 6.99. The van der Waals surface area contributed by atoms with Crippen molar-refractivity contribution in [3.63, 3.8) is 0 Å². The third kappa shape index (κ3) is 3.30. The Morgan fingerprint density at radius 1 is 1.42 bits per heavy atom. The number of hydrogen-bond acceptors (Lipinski definition) is 4. The summed E-state index contributed by atoms with van der Waals surface area (Å²) in [6.45, 7) is 9.82. The van der Waals surface area contributed by atoms with Crippen molar-refractivity contribution < 1.29 is 9.84 Å². The summed E-state index contributed by atoms with van der Waals surface area (Å²) in [5.74, 6) is 0.708. The number of rotatable bonds is 4. The molecule has 4 nitrogen and oxygen atoms in total. The van der Waals surface area contributed by atoms with Crippen molar-refractivity contribution in [3.05, 3.63) is 0 Å². The number of nitrogens with zero attached hydrogens (tertiary/aromatic N) is 1. The van der Waals surface area contributed by atoms with Gasteiger partial charge in [0.2, 0.25) is 0 Å². The minimum absolute atomic E-state index is 0.00125. The fraction of sp³-hybridized carbons (Fsp3) is 1.00. The summed E-state index contributed by atoms with van der Waals surface area (Å²) in [5, 5.41) is 12.8. The van der Waals surface area contributed by atoms with E-state index in [9.17, 15) is 5.11 Å². The SMILES string of the molecule is CNC1C(CN2CC(CO)OCC2C)CCC1(C)C. The van der Waals surface area contributed by atoms with Gasteiger partial charge in [-0.05, 0) is 38.1 Å². The molecule has 1 aliphatic heterocycles. The van der Waals surface area contributed by atoms with Gasteiger partial charge < -0.3 is 15.2 Å². The topological polar surface area (TPSA) is 44.7 Å². The fourth-order valence-electron chi connectivity index (χ4n) is 3.88. The molecule has 0 radical (unpaired) electrons. The van der Waals surface area contributed by atoms with E-state index >= 15 is 0 Å². The van der Waals surface area contributed by atoms with Crippen LogP contribution in [0.25, 0.3) is 0 Å². The molecule has 1 heterocycles. The lowest BCUT2D eigenvalue weighted by Gasteiger charge is -2.40. The number of ether oxygens (including phenoxy) is 1. The molecule has 1 saturated heterocycles. The standard InChI is InChI=1S/C15H30N2O2/c1-11-10-19-13(9-18)8-17(11)7-12-5-6-15(2,3)14(12)16-4/h11-14,16,18H,5-10H2,1-4H3. The maximum atomic E-state index is 9.27. The summed E-state index contributed by atoms with van der Waals surface area (Å²) in [7, 11) is 2.09. The zero-order valence-electron chi connectivity index (χ0n) is 12.9. The van der Waals surface area contributed by atoms with Crippen LogP contribution in [0.2, 0.25) is 0 Å². The van der Waals surface area contributed by atoms with Gasteiger partial charge in [0.15, 0.2) is 0 Å². The van der Waals surface area contributed by atoms with Gasteiger partial charge in [0.25, 0.3) is 0 Å². The van der Waals surface area contributed by atoms with Crippen molar-refractivity contribution in [2.24, 2.45) is 11.3 Å². The molecule has 1 saturated carbocycles. The van der Waals surface area contributed by atoms with Gasteiger partial charge in [0.1, 0.15) is 0 Å². The van der Waals surface area contributed by atoms with E-state index in [-0.39, 0.29) is 12.7 Å². The second kappa shape index (κ2) is 6.08. The van der Waals surface area contributed by atoms with Gasteiger partial charge >= 0.3 is 0 Å². The second-order valence-electron chi connectivity index (χ2n) is 6.99. The molecule has 2 N–H and O–H groups in total. The molecule has 2 aliphatic rings. The maximum absolute atomic E-state index is 9.27. The Morgan fingerprint density at radius 3 is 2.79 bits per heavy atom. The normalized spacial score (nSPS) is 39.6. The third-order valence-electron chi connectivity index (χ3n) is 5.09. The van der Waals surface area contributed by atoms with Crippen LogP contribution in [0, 0.1) is 11.3 Å². The first kappa shape index (κ1) is 15.2. The van der Waals surface area contributed by atoms with Crippen molar-refractivity contribution in [3.8, 4) is 0 Å². The van der Waals surface area contributed by atoms with Crippen molar-refractivity contribution in [2.45, 2.75) is 51.8 Å². The number of nitrogens with one attached hydrogen (secondary N) is 1. The summed E-state index contributed by atoms with van der Waals surface area (Å²) in [6, 6.07) is 1.05. The van der Waals surface area contributed by atoms with Crippen LogP contribution in [0.1, 0.15) is 33.6 Å². The average Bonchev–Trinajstić information content (AvgIpc) is 2.66. The molecular weight excluding hydrogens is 240 g/mol. The van der Waals surface area contributed by atoms with Crippen LogP contribution in [-0.2, 0) is 4.74 Å². The first-order chi connectivity index (χ1) is 8.97. The molecule has 4 heteroatoms. The van der Waals surface area contributed by atoms with Gasteiger partial charge in [-0.1, -0.05) is 13.8 Å². The molecule has 2 fully saturated rings. The van der Waals surface area contributed by atoms with E-state index in [4.69, 9.17) is 4.74 Å². The van der Waals surface area contributed by atoms with E-state index in [2.05, 4.69) is 38.0 Å². The highest BCUT2D eigenvalue weighted by atomic mass is 16.5. The van der Waals surface area contributed by atoms with Gasteiger partial charge in [0, 0.05) is 25.2 Å². The van der Waals surface area contributed by atoms with E-state index in [1.807, 2.05) is 0 Å². The predicted molar refractivity (Wildman–Crippen MR) is 77.2 cm³/mol. The van der Waals surface area contributed by atoms with Crippen LogP contribution in [0.3, 0.4) is 0 Å². The highest BCUT2D eigenvalue weighted by Gasteiger charge is 2.42. The van der Waals surface area contributed by atoms with Crippen molar-refractivity contribution >= 4 is 0 Å². The summed E-state index contributed by atoms with van der Waals surface area (Å²) in [5.41, 5.74) is 0.394. The van der Waals surface area contributed by atoms with Crippen molar-refractivity contribution in [1.82, 2.24) is 10.2 Å². The largest absolute Gasteiger partial charge is 0.394 e. The van der Waals surface area contributed by atoms with Gasteiger partial charge in [-0.2, -0.15) is 0 Å².